The summed E-state index contributed by atoms with van der Waals surface area (Å²) in [5.41, 5.74) is 8.88. The van der Waals surface area contributed by atoms with Gasteiger partial charge in [-0.1, -0.05) is 109 Å². The molecule has 4 heterocycles. The van der Waals surface area contributed by atoms with E-state index in [0.717, 1.165) is 56.1 Å². The molecule has 0 amide bonds. The number of pyridine rings is 2. The number of aromatic nitrogens is 5. The minimum absolute atomic E-state index is 0.388. The molecule has 0 bridgehead atoms. The van der Waals surface area contributed by atoms with Crippen molar-refractivity contribution in [3.05, 3.63) is 193 Å². The van der Waals surface area contributed by atoms with Crippen LogP contribution in [0.4, 0.5) is 0 Å². The fourth-order valence-electron chi connectivity index (χ4n) is 6.63. The highest BCUT2D eigenvalue weighted by Gasteiger charge is 2.40. The van der Waals surface area contributed by atoms with Crippen LogP contribution in [0, 0.1) is 0 Å². The molecule has 0 saturated heterocycles. The lowest BCUT2D eigenvalue weighted by molar-refractivity contribution is 0.0600. The number of carbonyl (C=O) groups is 1. The van der Waals surface area contributed by atoms with E-state index in [9.17, 15) is 4.79 Å². The van der Waals surface area contributed by atoms with Gasteiger partial charge >= 0.3 is 5.97 Å². The van der Waals surface area contributed by atoms with Crippen molar-refractivity contribution < 1.29 is 9.53 Å². The van der Waals surface area contributed by atoms with E-state index < -0.39 is 5.54 Å². The zero-order valence-corrected chi connectivity index (χ0v) is 26.7. The van der Waals surface area contributed by atoms with Crippen molar-refractivity contribution in [1.82, 2.24) is 24.1 Å². The Morgan fingerprint density at radius 2 is 1.22 bits per heavy atom. The van der Waals surface area contributed by atoms with Crippen molar-refractivity contribution in [3.8, 4) is 33.8 Å². The van der Waals surface area contributed by atoms with E-state index in [1.54, 1.807) is 18.3 Å². The number of hydrogen-bond acceptors (Lipinski definition) is 5. The topological polar surface area (TPSA) is 74.3 Å². The van der Waals surface area contributed by atoms with Gasteiger partial charge in [0, 0.05) is 35.3 Å². The highest BCUT2D eigenvalue weighted by atomic mass is 16.5. The molecular formula is C42H31N5O2. The smallest absolute Gasteiger partial charge is 0.337 e. The van der Waals surface area contributed by atoms with Crippen molar-refractivity contribution in [2.45, 2.75) is 5.54 Å². The van der Waals surface area contributed by atoms with Crippen molar-refractivity contribution in [3.63, 3.8) is 0 Å². The molecular weight excluding hydrogens is 606 g/mol. The average molecular weight is 638 g/mol. The summed E-state index contributed by atoms with van der Waals surface area (Å²) >= 11 is 0. The molecule has 0 spiro atoms. The molecule has 0 aliphatic carbocycles. The first-order valence-electron chi connectivity index (χ1n) is 16.0. The highest BCUT2D eigenvalue weighted by molar-refractivity contribution is 5.90. The number of rotatable bonds is 8. The van der Waals surface area contributed by atoms with Gasteiger partial charge in [-0.15, -0.1) is 0 Å². The summed E-state index contributed by atoms with van der Waals surface area (Å²) in [6.45, 7) is 0. The molecule has 7 heteroatoms. The van der Waals surface area contributed by atoms with Crippen LogP contribution in [-0.2, 0) is 10.3 Å². The fourth-order valence-corrected chi connectivity index (χ4v) is 6.63. The number of hydrogen-bond donors (Lipinski definition) is 0. The molecule has 236 valence electrons. The number of esters is 1. The van der Waals surface area contributed by atoms with E-state index in [1.165, 1.54) is 7.11 Å². The number of ether oxygens (including phenoxy) is 1. The Labute approximate surface area is 283 Å². The number of nitrogens with zero attached hydrogens (tertiary/aromatic N) is 5. The molecule has 0 aliphatic rings. The summed E-state index contributed by atoms with van der Waals surface area (Å²) in [6, 6.07) is 48.8. The first kappa shape index (κ1) is 29.8. The van der Waals surface area contributed by atoms with Gasteiger partial charge in [0.15, 0.2) is 0 Å². The second-order valence-corrected chi connectivity index (χ2v) is 11.7. The lowest BCUT2D eigenvalue weighted by Crippen LogP contribution is -2.38. The van der Waals surface area contributed by atoms with E-state index >= 15 is 0 Å². The van der Waals surface area contributed by atoms with Crippen LogP contribution in [0.3, 0.4) is 0 Å². The zero-order chi connectivity index (χ0) is 33.2. The molecule has 0 saturated carbocycles. The summed E-state index contributed by atoms with van der Waals surface area (Å²) < 4.78 is 9.13. The average Bonchev–Trinajstić information content (AvgIpc) is 3.82. The minimum Gasteiger partial charge on any atom is -0.465 e. The highest BCUT2D eigenvalue weighted by Crippen LogP contribution is 2.43. The van der Waals surface area contributed by atoms with Crippen LogP contribution in [0.2, 0.25) is 0 Å². The summed E-state index contributed by atoms with van der Waals surface area (Å²) in [7, 11) is 1.39. The molecule has 0 unspecified atom stereocenters. The quantitative estimate of drug-likeness (QED) is 0.123. The van der Waals surface area contributed by atoms with Gasteiger partial charge in [0.1, 0.15) is 16.9 Å². The summed E-state index contributed by atoms with van der Waals surface area (Å²) in [5.74, 6) is -0.388. The Bertz CT molecular complexity index is 2270. The molecule has 4 aromatic heterocycles. The van der Waals surface area contributed by atoms with Crippen LogP contribution < -0.4 is 0 Å². The second kappa shape index (κ2) is 12.5. The van der Waals surface area contributed by atoms with E-state index in [0.29, 0.717) is 5.56 Å². The van der Waals surface area contributed by atoms with Crippen LogP contribution in [0.25, 0.3) is 39.4 Å². The van der Waals surface area contributed by atoms with Gasteiger partial charge < -0.3 is 4.74 Å². The number of methoxy groups -OCH3 is 1. The molecule has 0 aliphatic heterocycles. The first-order chi connectivity index (χ1) is 24.2. The van der Waals surface area contributed by atoms with Gasteiger partial charge in [0.2, 0.25) is 0 Å². The van der Waals surface area contributed by atoms with Crippen LogP contribution >= 0.6 is 0 Å². The Morgan fingerprint density at radius 3 is 1.80 bits per heavy atom. The zero-order valence-electron chi connectivity index (χ0n) is 26.7. The minimum atomic E-state index is -0.818. The molecule has 4 aromatic carbocycles. The summed E-state index contributed by atoms with van der Waals surface area (Å²) in [5, 5.41) is 5.46. The second-order valence-electron chi connectivity index (χ2n) is 11.7. The van der Waals surface area contributed by atoms with E-state index in [4.69, 9.17) is 9.84 Å². The van der Waals surface area contributed by atoms with Gasteiger partial charge in [0.25, 0.3) is 0 Å². The first-order valence-corrected chi connectivity index (χ1v) is 16.0. The molecule has 8 rings (SSSR count). The molecule has 0 fully saturated rings. The maximum absolute atomic E-state index is 12.3. The van der Waals surface area contributed by atoms with Gasteiger partial charge in [-0.2, -0.15) is 5.10 Å². The Hall–Kier alpha value is -6.60. The van der Waals surface area contributed by atoms with Crippen LogP contribution in [0.1, 0.15) is 27.0 Å². The van der Waals surface area contributed by atoms with Crippen LogP contribution in [0.5, 0.6) is 0 Å². The lowest BCUT2D eigenvalue weighted by atomic mass is 9.77. The fraction of sp³-hybridized carbons (Fsp3) is 0.0476. The molecule has 0 radical (unpaired) electrons. The number of fused-ring (bicyclic) bond motifs is 1. The Balaban J connectivity index is 1.42. The van der Waals surface area contributed by atoms with Crippen LogP contribution in [-0.4, -0.2) is 37.2 Å². The predicted octanol–water partition coefficient (Wildman–Crippen LogP) is 8.55. The largest absolute Gasteiger partial charge is 0.465 e. The maximum atomic E-state index is 12.3. The third kappa shape index (κ3) is 5.18. The molecule has 7 nitrogen and oxygen atoms in total. The normalized spacial score (nSPS) is 11.4. The van der Waals surface area contributed by atoms with E-state index in [1.807, 2.05) is 60.8 Å². The third-order valence-corrected chi connectivity index (χ3v) is 8.96. The van der Waals surface area contributed by atoms with Crippen molar-refractivity contribution >= 4 is 11.6 Å². The van der Waals surface area contributed by atoms with Crippen molar-refractivity contribution in [1.29, 1.82) is 0 Å². The Kier molecular flexibility index (Phi) is 7.62. The maximum Gasteiger partial charge on any atom is 0.337 e. The Morgan fingerprint density at radius 1 is 0.633 bits per heavy atom. The molecule has 0 N–H and O–H groups in total. The summed E-state index contributed by atoms with van der Waals surface area (Å²) in [6.07, 6.45) is 7.86. The third-order valence-electron chi connectivity index (χ3n) is 8.96. The predicted molar refractivity (Wildman–Crippen MR) is 191 cm³/mol. The molecule has 8 aromatic rings. The van der Waals surface area contributed by atoms with Crippen LogP contribution in [0.15, 0.2) is 170 Å². The number of carbonyl (C=O) groups excluding carboxylic acids is 1. The monoisotopic (exact) mass is 637 g/mol. The van der Waals surface area contributed by atoms with Crippen molar-refractivity contribution in [2.75, 3.05) is 7.11 Å². The van der Waals surface area contributed by atoms with Gasteiger partial charge in [0.05, 0.1) is 30.3 Å². The van der Waals surface area contributed by atoms with Crippen molar-refractivity contribution in [2.24, 2.45) is 0 Å². The van der Waals surface area contributed by atoms with E-state index in [-0.39, 0.29) is 5.97 Å². The SMILES string of the molecule is COC(=O)c1ccc(-c2nn(C(c3ccccc3)(c3ccccc3)c3ccccc3)cc2-c2ccc3ncc(-c4ccccn4)n3c2)cc1. The number of benzene rings is 4. The van der Waals surface area contributed by atoms with E-state index in [2.05, 4.69) is 110 Å². The summed E-state index contributed by atoms with van der Waals surface area (Å²) in [4.78, 5) is 21.6. The molecule has 0 atom stereocenters. The molecule has 49 heavy (non-hydrogen) atoms. The standard InChI is InChI=1S/C42H31N5O2/c1-49-41(48)31-22-20-30(21-23-31)40-36(32-24-25-39-44-27-38(46(39)28-32)37-19-11-12-26-43-37)29-47(45-40)42(33-13-5-2-6-14-33,34-15-7-3-8-16-34)35-17-9-4-10-18-35/h2-29H,1H3. The number of imidazole rings is 1. The van der Waals surface area contributed by atoms with Gasteiger partial charge in [-0.05, 0) is 53.1 Å². The van der Waals surface area contributed by atoms with Gasteiger partial charge in [-0.3, -0.25) is 14.1 Å². The van der Waals surface area contributed by atoms with Gasteiger partial charge in [-0.25, -0.2) is 9.78 Å². The lowest BCUT2D eigenvalue weighted by Gasteiger charge is -2.36.